The molecular formula is C17H27N. The van der Waals surface area contributed by atoms with Crippen molar-refractivity contribution in [3.05, 3.63) is 35.4 Å². The van der Waals surface area contributed by atoms with Crippen LogP contribution in [0, 0.1) is 12.8 Å². The van der Waals surface area contributed by atoms with E-state index in [-0.39, 0.29) is 0 Å². The van der Waals surface area contributed by atoms with Gasteiger partial charge in [-0.1, -0.05) is 61.9 Å². The Morgan fingerprint density at radius 1 is 1.11 bits per heavy atom. The Balaban J connectivity index is 1.55. The van der Waals surface area contributed by atoms with E-state index in [1.54, 1.807) is 0 Å². The molecule has 0 bridgehead atoms. The van der Waals surface area contributed by atoms with E-state index in [0.717, 1.165) is 18.9 Å². The third-order valence-corrected chi connectivity index (χ3v) is 4.13. The van der Waals surface area contributed by atoms with E-state index in [9.17, 15) is 0 Å². The Bertz CT molecular complexity index is 339. The average molecular weight is 245 g/mol. The lowest BCUT2D eigenvalue weighted by molar-refractivity contribution is 0.334. The van der Waals surface area contributed by atoms with Crippen molar-refractivity contribution < 1.29 is 0 Å². The summed E-state index contributed by atoms with van der Waals surface area (Å²) >= 11 is 0. The zero-order valence-corrected chi connectivity index (χ0v) is 11.8. The van der Waals surface area contributed by atoms with Crippen LogP contribution in [-0.2, 0) is 6.42 Å². The summed E-state index contributed by atoms with van der Waals surface area (Å²) in [6.07, 6.45) is 9.89. The maximum Gasteiger partial charge on any atom is -0.000835 e. The second-order valence-electron chi connectivity index (χ2n) is 5.78. The summed E-state index contributed by atoms with van der Waals surface area (Å²) in [4.78, 5) is 0. The number of nitrogens with one attached hydrogen (secondary N) is 1. The van der Waals surface area contributed by atoms with E-state index >= 15 is 0 Å². The van der Waals surface area contributed by atoms with E-state index in [1.165, 1.54) is 56.2 Å². The number of hydrogen-bond acceptors (Lipinski definition) is 1. The molecule has 1 nitrogen and oxygen atoms in total. The first kappa shape index (κ1) is 13.6. The van der Waals surface area contributed by atoms with Gasteiger partial charge in [-0.15, -0.1) is 0 Å². The van der Waals surface area contributed by atoms with Gasteiger partial charge >= 0.3 is 0 Å². The fourth-order valence-corrected chi connectivity index (χ4v) is 3.01. The molecule has 0 aliphatic heterocycles. The van der Waals surface area contributed by atoms with Crippen LogP contribution in [0.4, 0.5) is 0 Å². The Hall–Kier alpha value is -0.820. The fraction of sp³-hybridized carbons (Fsp3) is 0.647. The van der Waals surface area contributed by atoms with Gasteiger partial charge in [-0.05, 0) is 44.3 Å². The van der Waals surface area contributed by atoms with E-state index in [2.05, 4.69) is 36.5 Å². The quantitative estimate of drug-likeness (QED) is 0.744. The third kappa shape index (κ3) is 4.81. The van der Waals surface area contributed by atoms with Gasteiger partial charge in [0, 0.05) is 0 Å². The van der Waals surface area contributed by atoms with Crippen LogP contribution >= 0.6 is 0 Å². The van der Waals surface area contributed by atoms with Gasteiger partial charge in [-0.3, -0.25) is 0 Å². The molecule has 18 heavy (non-hydrogen) atoms. The fourth-order valence-electron chi connectivity index (χ4n) is 3.01. The first-order valence-corrected chi connectivity index (χ1v) is 7.61. The summed E-state index contributed by atoms with van der Waals surface area (Å²) in [5.74, 6) is 1.00. The van der Waals surface area contributed by atoms with Crippen LogP contribution < -0.4 is 5.32 Å². The molecule has 1 heteroatoms. The van der Waals surface area contributed by atoms with Crippen LogP contribution in [0.3, 0.4) is 0 Å². The first-order chi connectivity index (χ1) is 8.84. The molecule has 0 heterocycles. The van der Waals surface area contributed by atoms with Crippen molar-refractivity contribution in [1.82, 2.24) is 5.32 Å². The maximum atomic E-state index is 3.60. The molecule has 1 aliphatic rings. The highest BCUT2D eigenvalue weighted by Gasteiger charge is 2.12. The number of benzene rings is 1. The molecule has 0 aromatic heterocycles. The predicted molar refractivity (Wildman–Crippen MR) is 78.9 cm³/mol. The highest BCUT2D eigenvalue weighted by molar-refractivity contribution is 5.22. The van der Waals surface area contributed by atoms with Gasteiger partial charge in [0.25, 0.3) is 0 Å². The smallest absolute Gasteiger partial charge is 0.000835 e. The second-order valence-corrected chi connectivity index (χ2v) is 5.78. The molecule has 0 atom stereocenters. The topological polar surface area (TPSA) is 12.0 Å². The largest absolute Gasteiger partial charge is 0.316 e. The summed E-state index contributed by atoms with van der Waals surface area (Å²) in [6, 6.07) is 8.85. The summed E-state index contributed by atoms with van der Waals surface area (Å²) in [5.41, 5.74) is 2.83. The third-order valence-electron chi connectivity index (χ3n) is 4.13. The second kappa shape index (κ2) is 7.58. The van der Waals surface area contributed by atoms with Crippen molar-refractivity contribution in [2.45, 2.75) is 51.9 Å². The molecule has 100 valence electrons. The Morgan fingerprint density at radius 2 is 1.94 bits per heavy atom. The molecule has 2 rings (SSSR count). The minimum Gasteiger partial charge on any atom is -0.316 e. The highest BCUT2D eigenvalue weighted by Crippen LogP contribution is 2.25. The summed E-state index contributed by atoms with van der Waals surface area (Å²) in [5, 5.41) is 3.60. The molecule has 1 aliphatic carbocycles. The Kier molecular flexibility index (Phi) is 5.73. The van der Waals surface area contributed by atoms with E-state index in [0.29, 0.717) is 0 Å². The zero-order valence-electron chi connectivity index (χ0n) is 11.8. The lowest BCUT2D eigenvalue weighted by Crippen LogP contribution is -2.21. The van der Waals surface area contributed by atoms with Gasteiger partial charge < -0.3 is 5.32 Å². The molecule has 1 N–H and O–H groups in total. The molecule has 1 aromatic carbocycles. The number of rotatable bonds is 6. The Morgan fingerprint density at radius 3 is 2.72 bits per heavy atom. The van der Waals surface area contributed by atoms with Gasteiger partial charge in [0.2, 0.25) is 0 Å². The van der Waals surface area contributed by atoms with Crippen LogP contribution in [-0.4, -0.2) is 13.1 Å². The first-order valence-electron chi connectivity index (χ1n) is 7.61. The van der Waals surface area contributed by atoms with E-state index < -0.39 is 0 Å². The van der Waals surface area contributed by atoms with Crippen molar-refractivity contribution in [1.29, 1.82) is 0 Å². The SMILES string of the molecule is Cc1cccc(CCNCCC2CCCCC2)c1. The van der Waals surface area contributed by atoms with Crippen molar-refractivity contribution in [2.24, 2.45) is 5.92 Å². The van der Waals surface area contributed by atoms with Crippen molar-refractivity contribution >= 4 is 0 Å². The summed E-state index contributed by atoms with van der Waals surface area (Å²) < 4.78 is 0. The maximum absolute atomic E-state index is 3.60. The molecule has 1 saturated carbocycles. The normalized spacial score (nSPS) is 16.9. The van der Waals surface area contributed by atoms with Crippen molar-refractivity contribution in [3.63, 3.8) is 0 Å². The molecule has 0 saturated heterocycles. The molecule has 1 fully saturated rings. The predicted octanol–water partition coefficient (Wildman–Crippen LogP) is 4.10. The van der Waals surface area contributed by atoms with Gasteiger partial charge in [-0.2, -0.15) is 0 Å². The summed E-state index contributed by atoms with van der Waals surface area (Å²) in [7, 11) is 0. The van der Waals surface area contributed by atoms with Gasteiger partial charge in [-0.25, -0.2) is 0 Å². The minimum atomic E-state index is 1.00. The molecule has 0 amide bonds. The van der Waals surface area contributed by atoms with Crippen LogP contribution in [0.5, 0.6) is 0 Å². The van der Waals surface area contributed by atoms with Crippen molar-refractivity contribution in [3.8, 4) is 0 Å². The standard InChI is InChI=1S/C17H27N/c1-15-6-5-9-17(14-15)11-13-18-12-10-16-7-3-2-4-8-16/h5-6,9,14,16,18H,2-4,7-8,10-13H2,1H3. The van der Waals surface area contributed by atoms with E-state index in [4.69, 9.17) is 0 Å². The number of hydrogen-bond donors (Lipinski definition) is 1. The minimum absolute atomic E-state index is 1.00. The lowest BCUT2D eigenvalue weighted by atomic mass is 9.87. The lowest BCUT2D eigenvalue weighted by Gasteiger charge is -2.21. The van der Waals surface area contributed by atoms with Gasteiger partial charge in [0.1, 0.15) is 0 Å². The van der Waals surface area contributed by atoms with Crippen LogP contribution in [0.1, 0.15) is 49.7 Å². The van der Waals surface area contributed by atoms with E-state index in [1.807, 2.05) is 0 Å². The molecule has 1 aromatic rings. The molecule has 0 spiro atoms. The van der Waals surface area contributed by atoms with Gasteiger partial charge in [0.15, 0.2) is 0 Å². The Labute approximate surface area is 112 Å². The van der Waals surface area contributed by atoms with Crippen LogP contribution in [0.15, 0.2) is 24.3 Å². The monoisotopic (exact) mass is 245 g/mol. The molecular weight excluding hydrogens is 218 g/mol. The van der Waals surface area contributed by atoms with Gasteiger partial charge in [0.05, 0.1) is 0 Å². The summed E-state index contributed by atoms with van der Waals surface area (Å²) in [6.45, 7) is 4.49. The average Bonchev–Trinajstić information content (AvgIpc) is 2.40. The number of aryl methyl sites for hydroxylation is 1. The highest BCUT2D eigenvalue weighted by atomic mass is 14.8. The molecule has 0 unspecified atom stereocenters. The van der Waals surface area contributed by atoms with Crippen LogP contribution in [0.2, 0.25) is 0 Å². The molecule has 0 radical (unpaired) electrons. The zero-order chi connectivity index (χ0) is 12.6. The van der Waals surface area contributed by atoms with Crippen LogP contribution in [0.25, 0.3) is 0 Å². The van der Waals surface area contributed by atoms with Crippen molar-refractivity contribution in [2.75, 3.05) is 13.1 Å².